The zero-order valence-electron chi connectivity index (χ0n) is 11.4. The highest BCUT2D eigenvalue weighted by Crippen LogP contribution is 2.01. The molecule has 0 saturated heterocycles. The quantitative estimate of drug-likeness (QED) is 0.776. The van der Waals surface area contributed by atoms with Gasteiger partial charge in [-0.15, -0.1) is 0 Å². The molecular formula is C15H13N3O3. The molecule has 0 saturated carbocycles. The van der Waals surface area contributed by atoms with Crippen molar-refractivity contribution in [3.05, 3.63) is 68.5 Å². The summed E-state index contributed by atoms with van der Waals surface area (Å²) in [6.07, 6.45) is 1.22. The fourth-order valence-corrected chi connectivity index (χ4v) is 1.96. The van der Waals surface area contributed by atoms with Gasteiger partial charge in [-0.2, -0.15) is 5.26 Å². The van der Waals surface area contributed by atoms with Crippen LogP contribution in [0.5, 0.6) is 0 Å². The van der Waals surface area contributed by atoms with Crippen molar-refractivity contribution in [3.8, 4) is 6.07 Å². The molecule has 0 spiro atoms. The van der Waals surface area contributed by atoms with Gasteiger partial charge in [0, 0.05) is 18.3 Å². The molecule has 1 aromatic carbocycles. The number of aryl methyl sites for hydroxylation is 1. The van der Waals surface area contributed by atoms with Gasteiger partial charge in [0.05, 0.1) is 6.54 Å². The first-order valence-electron chi connectivity index (χ1n) is 6.41. The maximum Gasteiger partial charge on any atom is 0.331 e. The summed E-state index contributed by atoms with van der Waals surface area (Å²) in [7, 11) is 0. The number of hydrogen-bond acceptors (Lipinski definition) is 4. The Bertz CT molecular complexity index is 826. The van der Waals surface area contributed by atoms with E-state index < -0.39 is 11.2 Å². The van der Waals surface area contributed by atoms with Crippen LogP contribution in [0.3, 0.4) is 0 Å². The van der Waals surface area contributed by atoms with Gasteiger partial charge in [0.15, 0.2) is 5.78 Å². The number of Topliss-reactive ketones (excluding diaryl/α,β-unsaturated/α-hetero) is 1. The molecule has 1 heterocycles. The second-order valence-electron chi connectivity index (χ2n) is 4.40. The van der Waals surface area contributed by atoms with Gasteiger partial charge >= 0.3 is 5.69 Å². The number of nitriles is 1. The van der Waals surface area contributed by atoms with Crippen molar-refractivity contribution in [2.45, 2.75) is 20.0 Å². The van der Waals surface area contributed by atoms with E-state index >= 15 is 0 Å². The van der Waals surface area contributed by atoms with Crippen LogP contribution in [0.15, 0.2) is 46.1 Å². The number of ketones is 1. The van der Waals surface area contributed by atoms with Crippen LogP contribution in [-0.4, -0.2) is 14.9 Å². The summed E-state index contributed by atoms with van der Waals surface area (Å²) in [5.74, 6) is -0.354. The van der Waals surface area contributed by atoms with Crippen molar-refractivity contribution in [2.24, 2.45) is 0 Å². The Kier molecular flexibility index (Phi) is 4.14. The highest BCUT2D eigenvalue weighted by molar-refractivity contribution is 5.95. The summed E-state index contributed by atoms with van der Waals surface area (Å²) in [5, 5.41) is 8.94. The second kappa shape index (κ2) is 6.01. The minimum atomic E-state index is -0.739. The Morgan fingerprint density at radius 1 is 1.24 bits per heavy atom. The van der Waals surface area contributed by atoms with Crippen LogP contribution in [0.1, 0.15) is 22.8 Å². The number of aromatic nitrogens is 2. The predicted octanol–water partition coefficient (Wildman–Crippen LogP) is 0.784. The van der Waals surface area contributed by atoms with E-state index in [-0.39, 0.29) is 17.9 Å². The van der Waals surface area contributed by atoms with E-state index in [0.717, 1.165) is 4.57 Å². The number of carbonyl (C=O) groups excluding carboxylic acids is 1. The molecule has 0 atom stereocenters. The number of carbonyl (C=O) groups is 1. The molecular weight excluding hydrogens is 270 g/mol. The molecule has 0 bridgehead atoms. The average molecular weight is 283 g/mol. The fourth-order valence-electron chi connectivity index (χ4n) is 1.96. The molecule has 0 aliphatic heterocycles. The maximum absolute atomic E-state index is 12.1. The third kappa shape index (κ3) is 2.82. The summed E-state index contributed by atoms with van der Waals surface area (Å²) in [6, 6.07) is 10.1. The monoisotopic (exact) mass is 283 g/mol. The van der Waals surface area contributed by atoms with E-state index in [1.54, 1.807) is 43.3 Å². The Morgan fingerprint density at radius 3 is 2.48 bits per heavy atom. The molecule has 2 aromatic rings. The van der Waals surface area contributed by atoms with Gasteiger partial charge in [-0.3, -0.25) is 18.7 Å². The molecule has 0 N–H and O–H groups in total. The molecule has 0 radical (unpaired) electrons. The van der Waals surface area contributed by atoms with Crippen LogP contribution in [0.4, 0.5) is 0 Å². The number of hydrogen-bond donors (Lipinski definition) is 0. The molecule has 6 nitrogen and oxygen atoms in total. The molecule has 0 aliphatic rings. The Morgan fingerprint density at radius 2 is 1.90 bits per heavy atom. The molecule has 106 valence electrons. The SMILES string of the molecule is CCn1cc(C#N)c(=O)n(CC(=O)c2ccccc2)c1=O. The summed E-state index contributed by atoms with van der Waals surface area (Å²) >= 11 is 0. The van der Waals surface area contributed by atoms with E-state index in [0.29, 0.717) is 12.1 Å². The van der Waals surface area contributed by atoms with Gasteiger partial charge in [0.25, 0.3) is 5.56 Å². The smallest absolute Gasteiger partial charge is 0.299 e. The lowest BCUT2D eigenvalue weighted by Gasteiger charge is -2.08. The first kappa shape index (κ1) is 14.5. The van der Waals surface area contributed by atoms with Gasteiger partial charge in [-0.05, 0) is 6.92 Å². The van der Waals surface area contributed by atoms with Crippen LogP contribution in [0.2, 0.25) is 0 Å². The van der Waals surface area contributed by atoms with Crippen molar-refractivity contribution >= 4 is 5.78 Å². The highest BCUT2D eigenvalue weighted by Gasteiger charge is 2.14. The lowest BCUT2D eigenvalue weighted by Crippen LogP contribution is -2.42. The van der Waals surface area contributed by atoms with E-state index in [1.807, 2.05) is 0 Å². The first-order valence-corrected chi connectivity index (χ1v) is 6.41. The molecule has 2 rings (SSSR count). The van der Waals surface area contributed by atoms with Gasteiger partial charge in [-0.25, -0.2) is 4.79 Å². The maximum atomic E-state index is 12.1. The zero-order chi connectivity index (χ0) is 15.4. The largest absolute Gasteiger partial charge is 0.331 e. The third-order valence-electron chi connectivity index (χ3n) is 3.10. The number of nitrogens with zero attached hydrogens (tertiary/aromatic N) is 3. The van der Waals surface area contributed by atoms with Gasteiger partial charge in [0.2, 0.25) is 0 Å². The molecule has 0 unspecified atom stereocenters. The summed E-state index contributed by atoms with van der Waals surface area (Å²) in [6.45, 7) is 1.65. The fraction of sp³-hybridized carbons (Fsp3) is 0.200. The first-order chi connectivity index (χ1) is 10.1. The van der Waals surface area contributed by atoms with Crippen molar-refractivity contribution in [1.29, 1.82) is 5.26 Å². The lowest BCUT2D eigenvalue weighted by atomic mass is 10.1. The summed E-state index contributed by atoms with van der Waals surface area (Å²) in [4.78, 5) is 36.3. The molecule has 0 fully saturated rings. The van der Waals surface area contributed by atoms with Crippen LogP contribution in [0.25, 0.3) is 0 Å². The standard InChI is InChI=1S/C15H13N3O3/c1-2-17-9-12(8-16)14(20)18(15(17)21)10-13(19)11-6-4-3-5-7-11/h3-7,9H,2,10H2,1H3. The zero-order valence-corrected chi connectivity index (χ0v) is 11.4. The van der Waals surface area contributed by atoms with E-state index in [2.05, 4.69) is 0 Å². The molecule has 6 heteroatoms. The molecule has 0 amide bonds. The molecule has 21 heavy (non-hydrogen) atoms. The second-order valence-corrected chi connectivity index (χ2v) is 4.40. The Balaban J connectivity index is 2.50. The number of benzene rings is 1. The molecule has 1 aromatic heterocycles. The lowest BCUT2D eigenvalue weighted by molar-refractivity contribution is 0.0968. The van der Waals surface area contributed by atoms with Crippen LogP contribution < -0.4 is 11.2 Å². The average Bonchev–Trinajstić information content (AvgIpc) is 2.52. The Hall–Kier alpha value is -2.94. The van der Waals surface area contributed by atoms with Gasteiger partial charge in [-0.1, -0.05) is 30.3 Å². The van der Waals surface area contributed by atoms with Crippen molar-refractivity contribution < 1.29 is 4.79 Å². The highest BCUT2D eigenvalue weighted by atomic mass is 16.2. The minimum absolute atomic E-state index is 0.155. The van der Waals surface area contributed by atoms with Gasteiger partial charge < -0.3 is 0 Å². The van der Waals surface area contributed by atoms with Crippen LogP contribution in [0, 0.1) is 11.3 Å². The minimum Gasteiger partial charge on any atom is -0.299 e. The van der Waals surface area contributed by atoms with Gasteiger partial charge in [0.1, 0.15) is 11.6 Å². The Labute approximate surface area is 120 Å². The topological polar surface area (TPSA) is 84.9 Å². The van der Waals surface area contributed by atoms with E-state index in [9.17, 15) is 14.4 Å². The van der Waals surface area contributed by atoms with Crippen molar-refractivity contribution in [1.82, 2.24) is 9.13 Å². The third-order valence-corrected chi connectivity index (χ3v) is 3.10. The van der Waals surface area contributed by atoms with Crippen LogP contribution in [-0.2, 0) is 13.1 Å². The van der Waals surface area contributed by atoms with Crippen LogP contribution >= 0.6 is 0 Å². The predicted molar refractivity (Wildman–Crippen MR) is 76.1 cm³/mol. The normalized spacial score (nSPS) is 10.1. The van der Waals surface area contributed by atoms with E-state index in [1.165, 1.54) is 10.8 Å². The molecule has 0 aliphatic carbocycles. The van der Waals surface area contributed by atoms with Crippen molar-refractivity contribution in [2.75, 3.05) is 0 Å². The summed E-state index contributed by atoms with van der Waals surface area (Å²) < 4.78 is 2.04. The van der Waals surface area contributed by atoms with Crippen molar-refractivity contribution in [3.63, 3.8) is 0 Å². The summed E-state index contributed by atoms with van der Waals surface area (Å²) in [5.41, 5.74) is -1.08. The van der Waals surface area contributed by atoms with E-state index in [4.69, 9.17) is 5.26 Å². The number of rotatable bonds is 4.